The highest BCUT2D eigenvalue weighted by atomic mass is 16.5. The first-order chi connectivity index (χ1) is 13.9. The summed E-state index contributed by atoms with van der Waals surface area (Å²) < 4.78 is 27.7. The van der Waals surface area contributed by atoms with Gasteiger partial charge in [0.2, 0.25) is 11.5 Å². The first-order valence-corrected chi connectivity index (χ1v) is 9.04. The molecule has 6 heteroatoms. The Bertz CT molecular complexity index is 978. The predicted molar refractivity (Wildman–Crippen MR) is 111 cm³/mol. The SMILES string of the molecule is C=C(C)COc1ccc2c(c1C)O/C(=C\c1cc(OC)c(OC)c(OC)c1)C2=O. The number of hydrogen-bond acceptors (Lipinski definition) is 6. The number of rotatable bonds is 7. The molecule has 0 saturated carbocycles. The summed E-state index contributed by atoms with van der Waals surface area (Å²) in [6.45, 7) is 7.99. The second-order valence-electron chi connectivity index (χ2n) is 6.71. The Balaban J connectivity index is 1.97. The van der Waals surface area contributed by atoms with Crippen LogP contribution in [-0.4, -0.2) is 33.7 Å². The molecule has 152 valence electrons. The van der Waals surface area contributed by atoms with Crippen molar-refractivity contribution in [3.8, 4) is 28.7 Å². The average molecular weight is 396 g/mol. The van der Waals surface area contributed by atoms with E-state index < -0.39 is 0 Å². The molecule has 6 nitrogen and oxygen atoms in total. The summed E-state index contributed by atoms with van der Waals surface area (Å²) in [5.74, 6) is 2.66. The zero-order valence-electron chi connectivity index (χ0n) is 17.3. The van der Waals surface area contributed by atoms with Crippen LogP contribution < -0.4 is 23.7 Å². The summed E-state index contributed by atoms with van der Waals surface area (Å²) in [6, 6.07) is 7.00. The zero-order chi connectivity index (χ0) is 21.1. The molecule has 0 saturated heterocycles. The summed E-state index contributed by atoms with van der Waals surface area (Å²) in [5, 5.41) is 0. The van der Waals surface area contributed by atoms with Gasteiger partial charge in [-0.2, -0.15) is 0 Å². The number of fused-ring (bicyclic) bond motifs is 1. The minimum atomic E-state index is -0.191. The van der Waals surface area contributed by atoms with E-state index in [-0.39, 0.29) is 11.5 Å². The molecular weight excluding hydrogens is 372 g/mol. The Morgan fingerprint density at radius 1 is 1.07 bits per heavy atom. The average Bonchev–Trinajstić information content (AvgIpc) is 3.02. The molecule has 0 N–H and O–H groups in total. The molecule has 1 aliphatic rings. The lowest BCUT2D eigenvalue weighted by Crippen LogP contribution is -2.00. The standard InChI is InChI=1S/C23H24O6/c1-13(2)12-28-17-8-7-16-21(24)18(29-22(16)14(17)3)9-15-10-19(25-4)23(27-6)20(11-15)26-5/h7-11H,1,12H2,2-6H3/b18-9-. The Kier molecular flexibility index (Phi) is 5.82. The number of methoxy groups -OCH3 is 3. The minimum absolute atomic E-state index is 0.191. The first kappa shape index (κ1) is 20.3. The molecule has 0 unspecified atom stereocenters. The van der Waals surface area contributed by atoms with Crippen LogP contribution >= 0.6 is 0 Å². The summed E-state index contributed by atoms with van der Waals surface area (Å²) in [5.41, 5.74) is 2.87. The van der Waals surface area contributed by atoms with Crippen LogP contribution in [0.1, 0.15) is 28.4 Å². The molecule has 3 rings (SSSR count). The molecule has 0 spiro atoms. The summed E-state index contributed by atoms with van der Waals surface area (Å²) in [6.07, 6.45) is 1.65. The number of ketones is 1. The first-order valence-electron chi connectivity index (χ1n) is 9.04. The molecule has 1 heterocycles. The number of benzene rings is 2. The summed E-state index contributed by atoms with van der Waals surface area (Å²) in [4.78, 5) is 12.8. The van der Waals surface area contributed by atoms with Gasteiger partial charge in [0.15, 0.2) is 17.3 Å². The second-order valence-corrected chi connectivity index (χ2v) is 6.71. The molecule has 0 atom stereocenters. The number of carbonyl (C=O) groups excluding carboxylic acids is 1. The fourth-order valence-corrected chi connectivity index (χ4v) is 3.06. The highest BCUT2D eigenvalue weighted by Crippen LogP contribution is 2.41. The van der Waals surface area contributed by atoms with E-state index >= 15 is 0 Å². The van der Waals surface area contributed by atoms with Gasteiger partial charge < -0.3 is 23.7 Å². The van der Waals surface area contributed by atoms with E-state index in [2.05, 4.69) is 6.58 Å². The topological polar surface area (TPSA) is 63.2 Å². The van der Waals surface area contributed by atoms with E-state index in [1.807, 2.05) is 13.8 Å². The normalized spacial score (nSPS) is 13.7. The van der Waals surface area contributed by atoms with Crippen molar-refractivity contribution in [3.63, 3.8) is 0 Å². The number of allylic oxidation sites excluding steroid dienone is 1. The molecular formula is C23H24O6. The van der Waals surface area contributed by atoms with Gasteiger partial charge in [-0.15, -0.1) is 0 Å². The summed E-state index contributed by atoms with van der Waals surface area (Å²) >= 11 is 0. The third kappa shape index (κ3) is 3.92. The quantitative estimate of drug-likeness (QED) is 0.504. The van der Waals surface area contributed by atoms with Crippen LogP contribution in [0.25, 0.3) is 6.08 Å². The van der Waals surface area contributed by atoms with Crippen molar-refractivity contribution in [2.24, 2.45) is 0 Å². The third-order valence-corrected chi connectivity index (χ3v) is 4.50. The van der Waals surface area contributed by atoms with Crippen LogP contribution in [0.3, 0.4) is 0 Å². The van der Waals surface area contributed by atoms with Gasteiger partial charge in [-0.1, -0.05) is 6.58 Å². The molecule has 1 aliphatic heterocycles. The number of hydrogen-bond donors (Lipinski definition) is 0. The molecule has 0 bridgehead atoms. The monoisotopic (exact) mass is 396 g/mol. The molecule has 0 aliphatic carbocycles. The highest BCUT2D eigenvalue weighted by Gasteiger charge is 2.30. The lowest BCUT2D eigenvalue weighted by Gasteiger charge is -2.13. The van der Waals surface area contributed by atoms with Crippen LogP contribution in [0.2, 0.25) is 0 Å². The van der Waals surface area contributed by atoms with Gasteiger partial charge in [0.1, 0.15) is 18.1 Å². The van der Waals surface area contributed by atoms with Gasteiger partial charge in [-0.3, -0.25) is 4.79 Å². The van der Waals surface area contributed by atoms with Crippen LogP contribution in [0, 0.1) is 6.92 Å². The smallest absolute Gasteiger partial charge is 0.231 e. The Labute approximate surface area is 170 Å². The van der Waals surface area contributed by atoms with Crippen molar-refractivity contribution in [2.45, 2.75) is 13.8 Å². The third-order valence-electron chi connectivity index (χ3n) is 4.50. The maximum absolute atomic E-state index is 12.8. The molecule has 0 fully saturated rings. The van der Waals surface area contributed by atoms with Crippen LogP contribution in [0.5, 0.6) is 28.7 Å². The van der Waals surface area contributed by atoms with E-state index in [1.54, 1.807) is 30.3 Å². The lowest BCUT2D eigenvalue weighted by molar-refractivity contribution is 0.101. The number of ether oxygens (including phenoxy) is 5. The molecule has 0 aromatic heterocycles. The van der Waals surface area contributed by atoms with Crippen molar-refractivity contribution in [2.75, 3.05) is 27.9 Å². The van der Waals surface area contributed by atoms with Crippen LogP contribution in [0.15, 0.2) is 42.2 Å². The zero-order valence-corrected chi connectivity index (χ0v) is 17.3. The Hall–Kier alpha value is -3.41. The van der Waals surface area contributed by atoms with E-state index in [0.29, 0.717) is 46.5 Å². The highest BCUT2D eigenvalue weighted by molar-refractivity contribution is 6.15. The number of carbonyl (C=O) groups is 1. The van der Waals surface area contributed by atoms with Crippen LogP contribution in [-0.2, 0) is 0 Å². The van der Waals surface area contributed by atoms with Crippen LogP contribution in [0.4, 0.5) is 0 Å². The van der Waals surface area contributed by atoms with Gasteiger partial charge in [0.25, 0.3) is 0 Å². The van der Waals surface area contributed by atoms with Gasteiger partial charge in [-0.25, -0.2) is 0 Å². The second kappa shape index (κ2) is 8.31. The van der Waals surface area contributed by atoms with Crippen molar-refractivity contribution >= 4 is 11.9 Å². The van der Waals surface area contributed by atoms with Crippen molar-refractivity contribution in [1.82, 2.24) is 0 Å². The van der Waals surface area contributed by atoms with Crippen molar-refractivity contribution in [1.29, 1.82) is 0 Å². The summed E-state index contributed by atoms with van der Waals surface area (Å²) in [7, 11) is 4.61. The van der Waals surface area contributed by atoms with E-state index in [1.165, 1.54) is 21.3 Å². The molecule has 29 heavy (non-hydrogen) atoms. The van der Waals surface area contributed by atoms with E-state index in [0.717, 1.165) is 11.1 Å². The molecule has 0 amide bonds. The fraction of sp³-hybridized carbons (Fsp3) is 0.261. The van der Waals surface area contributed by atoms with Gasteiger partial charge in [0.05, 0.1) is 26.9 Å². The maximum atomic E-state index is 12.8. The molecule has 0 radical (unpaired) electrons. The van der Waals surface area contributed by atoms with Gasteiger partial charge in [-0.05, 0) is 55.3 Å². The van der Waals surface area contributed by atoms with E-state index in [4.69, 9.17) is 23.7 Å². The predicted octanol–water partition coefficient (Wildman–Crippen LogP) is 4.59. The van der Waals surface area contributed by atoms with Crippen molar-refractivity contribution in [3.05, 3.63) is 58.9 Å². The van der Waals surface area contributed by atoms with E-state index in [9.17, 15) is 4.79 Å². The Morgan fingerprint density at radius 3 is 2.28 bits per heavy atom. The molecule has 2 aromatic rings. The minimum Gasteiger partial charge on any atom is -0.493 e. The largest absolute Gasteiger partial charge is 0.493 e. The molecule has 2 aromatic carbocycles. The van der Waals surface area contributed by atoms with Crippen molar-refractivity contribution < 1.29 is 28.5 Å². The maximum Gasteiger partial charge on any atom is 0.231 e. The Morgan fingerprint density at radius 2 is 1.72 bits per heavy atom. The van der Waals surface area contributed by atoms with Gasteiger partial charge in [0, 0.05) is 5.56 Å². The lowest BCUT2D eigenvalue weighted by atomic mass is 10.1. The fourth-order valence-electron chi connectivity index (χ4n) is 3.06. The number of Topliss-reactive ketones (excluding diaryl/α,β-unsaturated/α-hetero) is 1. The van der Waals surface area contributed by atoms with Gasteiger partial charge >= 0.3 is 0 Å².